The molecular formula is C15H19Cl2N3OS. The number of β-amino-alcohol motifs (C(OH)–C–C–N with tert-alkyl or cyclic N) is 1. The zero-order chi connectivity index (χ0) is 15.8. The number of hydrogen-bond acceptors (Lipinski definition) is 5. The highest BCUT2D eigenvalue weighted by atomic mass is 35.5. The van der Waals surface area contributed by atoms with E-state index in [4.69, 9.17) is 35.4 Å². The molecule has 2 atom stereocenters. The molecule has 0 radical (unpaired) electrons. The molecule has 1 aromatic carbocycles. The van der Waals surface area contributed by atoms with Crippen molar-refractivity contribution in [3.05, 3.63) is 34.9 Å². The van der Waals surface area contributed by atoms with Gasteiger partial charge in [-0.1, -0.05) is 42.0 Å². The van der Waals surface area contributed by atoms with Crippen LogP contribution in [0.1, 0.15) is 18.4 Å². The summed E-state index contributed by atoms with van der Waals surface area (Å²) in [6.07, 6.45) is 1.93. The third kappa shape index (κ3) is 3.17. The molecule has 1 aromatic rings. The van der Waals surface area contributed by atoms with Crippen LogP contribution in [0.15, 0.2) is 24.3 Å². The van der Waals surface area contributed by atoms with Crippen molar-refractivity contribution in [2.24, 2.45) is 0 Å². The molecule has 3 N–H and O–H groups in total. The first-order valence-corrected chi connectivity index (χ1v) is 8.54. The molecule has 4 nitrogen and oxygen atoms in total. The molecule has 1 aliphatic carbocycles. The molecule has 0 bridgehead atoms. The summed E-state index contributed by atoms with van der Waals surface area (Å²) in [5.41, 5.74) is 3.02. The molecular weight excluding hydrogens is 341 g/mol. The Morgan fingerprint density at radius 2 is 2.18 bits per heavy atom. The number of halogens is 2. The molecule has 1 heterocycles. The fourth-order valence-electron chi connectivity index (χ4n) is 2.91. The number of alkyl halides is 1. The zero-order valence-electron chi connectivity index (χ0n) is 12.1. The summed E-state index contributed by atoms with van der Waals surface area (Å²) in [5, 5.41) is 18.7. The minimum Gasteiger partial charge on any atom is -0.386 e. The van der Waals surface area contributed by atoms with E-state index < -0.39 is 10.5 Å². The predicted molar refractivity (Wildman–Crippen MR) is 93.2 cm³/mol. The summed E-state index contributed by atoms with van der Waals surface area (Å²) in [6, 6.07) is 7.57. The van der Waals surface area contributed by atoms with Gasteiger partial charge >= 0.3 is 0 Å². The molecule has 1 aliphatic heterocycles. The van der Waals surface area contributed by atoms with Crippen LogP contribution in [0.3, 0.4) is 0 Å². The molecule has 3 rings (SSSR count). The van der Waals surface area contributed by atoms with Gasteiger partial charge in [0.1, 0.15) is 11.8 Å². The van der Waals surface area contributed by atoms with E-state index in [2.05, 4.69) is 10.7 Å². The van der Waals surface area contributed by atoms with E-state index >= 15 is 0 Å². The first kappa shape index (κ1) is 16.6. The molecule has 1 saturated heterocycles. The molecule has 2 aliphatic rings. The second-order valence-electron chi connectivity index (χ2n) is 6.01. The highest BCUT2D eigenvalue weighted by Gasteiger charge is 2.58. The molecule has 0 aromatic heterocycles. The summed E-state index contributed by atoms with van der Waals surface area (Å²) >= 11 is 17.9. The molecule has 22 heavy (non-hydrogen) atoms. The Morgan fingerprint density at radius 3 is 2.82 bits per heavy atom. The molecule has 1 saturated carbocycles. The first-order chi connectivity index (χ1) is 10.5. The fourth-order valence-corrected chi connectivity index (χ4v) is 3.57. The third-order valence-electron chi connectivity index (χ3n) is 4.45. The average molecular weight is 360 g/mol. The summed E-state index contributed by atoms with van der Waals surface area (Å²) in [5.74, 6) is 0. The smallest absolute Gasteiger partial charge is 0.104 e. The number of nitrogens with one attached hydrogen (secondary N) is 2. The van der Waals surface area contributed by atoms with Crippen molar-refractivity contribution in [1.29, 1.82) is 0 Å². The number of rotatable bonds is 6. The van der Waals surface area contributed by atoms with Crippen molar-refractivity contribution in [3.8, 4) is 0 Å². The highest BCUT2D eigenvalue weighted by molar-refractivity contribution is 7.79. The number of thiocarbonyl (C=S) groups is 1. The van der Waals surface area contributed by atoms with Gasteiger partial charge in [-0.25, -0.2) is 10.4 Å². The Hall–Kier alpha value is -0.270. The fraction of sp³-hybridized carbons (Fsp3) is 0.533. The van der Waals surface area contributed by atoms with E-state index in [0.717, 1.165) is 18.4 Å². The summed E-state index contributed by atoms with van der Waals surface area (Å²) in [7, 11) is 0. The van der Waals surface area contributed by atoms with Crippen molar-refractivity contribution in [3.63, 3.8) is 0 Å². The SMILES string of the molecule is OC(Cc1ccccc1Cl)(CN1NCNC1C=S)C1(Cl)CC1. The van der Waals surface area contributed by atoms with Crippen LogP contribution in [-0.4, -0.2) is 45.3 Å². The maximum atomic E-state index is 11.3. The Balaban J connectivity index is 1.83. The minimum atomic E-state index is -1.07. The topological polar surface area (TPSA) is 47.5 Å². The number of hydrogen-bond donors (Lipinski definition) is 3. The molecule has 7 heteroatoms. The van der Waals surface area contributed by atoms with Gasteiger partial charge in [0.2, 0.25) is 0 Å². The Kier molecular flexibility index (Phi) is 4.76. The Morgan fingerprint density at radius 1 is 1.45 bits per heavy atom. The normalized spacial score (nSPS) is 26.6. The van der Waals surface area contributed by atoms with Crippen LogP contribution in [0.4, 0.5) is 0 Å². The summed E-state index contributed by atoms with van der Waals surface area (Å²) in [4.78, 5) is -0.595. The Bertz CT molecular complexity index is 569. The van der Waals surface area contributed by atoms with E-state index in [1.54, 1.807) is 5.37 Å². The highest BCUT2D eigenvalue weighted by Crippen LogP contribution is 2.52. The number of hydrazine groups is 1. The van der Waals surface area contributed by atoms with Crippen LogP contribution >= 0.6 is 35.4 Å². The first-order valence-electron chi connectivity index (χ1n) is 7.31. The van der Waals surface area contributed by atoms with Gasteiger partial charge in [0, 0.05) is 23.4 Å². The van der Waals surface area contributed by atoms with Gasteiger partial charge in [0.05, 0.1) is 11.5 Å². The van der Waals surface area contributed by atoms with Crippen molar-refractivity contribution < 1.29 is 5.11 Å². The van der Waals surface area contributed by atoms with Gasteiger partial charge in [0.15, 0.2) is 0 Å². The lowest BCUT2D eigenvalue weighted by Gasteiger charge is -2.37. The Labute approximate surface area is 145 Å². The second-order valence-corrected chi connectivity index (χ2v) is 7.42. The molecule has 0 amide bonds. The number of nitrogens with zero attached hydrogens (tertiary/aromatic N) is 1. The van der Waals surface area contributed by atoms with Crippen molar-refractivity contribution in [2.45, 2.75) is 35.9 Å². The largest absolute Gasteiger partial charge is 0.386 e. The predicted octanol–water partition coefficient (Wildman–Crippen LogP) is 2.08. The third-order valence-corrected chi connectivity index (χ3v) is 5.81. The molecule has 120 valence electrons. The lowest BCUT2D eigenvalue weighted by Crippen LogP contribution is -2.56. The van der Waals surface area contributed by atoms with Gasteiger partial charge < -0.3 is 5.11 Å². The lowest BCUT2D eigenvalue weighted by atomic mass is 9.88. The van der Waals surface area contributed by atoms with Crippen LogP contribution in [0.25, 0.3) is 0 Å². The van der Waals surface area contributed by atoms with Gasteiger partial charge in [-0.3, -0.25) is 5.32 Å². The average Bonchev–Trinajstić information content (AvgIpc) is 3.10. The molecule has 2 fully saturated rings. The van der Waals surface area contributed by atoms with Crippen LogP contribution in [0, 0.1) is 0 Å². The second kappa shape index (κ2) is 6.32. The van der Waals surface area contributed by atoms with Gasteiger partial charge in [0.25, 0.3) is 0 Å². The lowest BCUT2D eigenvalue weighted by molar-refractivity contribution is -0.0171. The number of benzene rings is 1. The minimum absolute atomic E-state index is 0.0909. The van der Waals surface area contributed by atoms with Crippen LogP contribution in [0.5, 0.6) is 0 Å². The van der Waals surface area contributed by atoms with E-state index in [0.29, 0.717) is 24.7 Å². The van der Waals surface area contributed by atoms with E-state index in [1.807, 2.05) is 29.3 Å². The quantitative estimate of drug-likeness (QED) is 0.536. The van der Waals surface area contributed by atoms with E-state index in [9.17, 15) is 5.11 Å². The van der Waals surface area contributed by atoms with Gasteiger partial charge in [-0.15, -0.1) is 11.6 Å². The van der Waals surface area contributed by atoms with Crippen LogP contribution in [0.2, 0.25) is 5.02 Å². The zero-order valence-corrected chi connectivity index (χ0v) is 14.4. The van der Waals surface area contributed by atoms with Crippen molar-refractivity contribution in [2.75, 3.05) is 13.2 Å². The van der Waals surface area contributed by atoms with E-state index in [1.165, 1.54) is 0 Å². The van der Waals surface area contributed by atoms with Gasteiger partial charge in [-0.2, -0.15) is 0 Å². The summed E-state index contributed by atoms with van der Waals surface area (Å²) in [6.45, 7) is 1.00. The molecule has 2 unspecified atom stereocenters. The van der Waals surface area contributed by atoms with Crippen molar-refractivity contribution >= 4 is 40.8 Å². The standard InChI is InChI=1S/C15H19Cl2N3OS/c16-12-4-2-1-3-11(12)7-15(21,14(17)5-6-14)9-20-13(8-22)18-10-19-20/h1-4,8,13,18-19,21H,5-7,9-10H2. The van der Waals surface area contributed by atoms with Crippen molar-refractivity contribution in [1.82, 2.24) is 15.8 Å². The van der Waals surface area contributed by atoms with Crippen LogP contribution in [-0.2, 0) is 6.42 Å². The van der Waals surface area contributed by atoms with E-state index in [-0.39, 0.29) is 6.17 Å². The van der Waals surface area contributed by atoms with Crippen LogP contribution < -0.4 is 10.7 Å². The number of aliphatic hydroxyl groups is 1. The summed E-state index contributed by atoms with van der Waals surface area (Å²) < 4.78 is 0. The van der Waals surface area contributed by atoms with Gasteiger partial charge in [-0.05, 0) is 24.5 Å². The monoisotopic (exact) mass is 359 g/mol. The maximum absolute atomic E-state index is 11.3. The molecule has 0 spiro atoms. The maximum Gasteiger partial charge on any atom is 0.104 e.